The molecule has 0 saturated carbocycles. The van der Waals surface area contributed by atoms with Gasteiger partial charge in [-0.15, -0.1) is 0 Å². The van der Waals surface area contributed by atoms with E-state index < -0.39 is 7.26 Å². The Bertz CT molecular complexity index is 764. The van der Waals surface area contributed by atoms with Gasteiger partial charge in [-0.05, 0) is 43.3 Å². The van der Waals surface area contributed by atoms with Crippen LogP contribution in [0.2, 0.25) is 0 Å². The Balaban J connectivity index is 0.00000243. The fourth-order valence-electron chi connectivity index (χ4n) is 3.17. The van der Waals surface area contributed by atoms with E-state index in [0.29, 0.717) is 11.7 Å². The van der Waals surface area contributed by atoms with Crippen LogP contribution in [0.15, 0.2) is 103 Å². The summed E-state index contributed by atoms with van der Waals surface area (Å²) >= 11 is 0. The maximum absolute atomic E-state index is 12.0. The van der Waals surface area contributed by atoms with E-state index in [1.807, 2.05) is 18.2 Å². The van der Waals surface area contributed by atoms with Gasteiger partial charge in [0.25, 0.3) is 0 Å². The number of hydrogen-bond donors (Lipinski definition) is 0. The van der Waals surface area contributed by atoms with Gasteiger partial charge in [0, 0.05) is 5.57 Å². The van der Waals surface area contributed by atoms with E-state index in [9.17, 15) is 4.79 Å². The monoisotopic (exact) mass is 380 g/mol. The van der Waals surface area contributed by atoms with Crippen LogP contribution < -0.4 is 28.3 Å². The van der Waals surface area contributed by atoms with Gasteiger partial charge in [0.05, 0.1) is 0 Å². The Morgan fingerprint density at radius 1 is 0.731 bits per heavy atom. The Kier molecular flexibility index (Phi) is 6.91. The van der Waals surface area contributed by atoms with Crippen LogP contribution in [0, 0.1) is 0 Å². The molecule has 3 aromatic rings. The molecule has 0 aromatic heterocycles. The summed E-state index contributed by atoms with van der Waals surface area (Å²) in [4.78, 5) is 12.0. The average molecular weight is 381 g/mol. The third kappa shape index (κ3) is 3.96. The molecule has 0 saturated heterocycles. The van der Waals surface area contributed by atoms with Crippen LogP contribution in [0.1, 0.15) is 6.92 Å². The molecule has 0 spiro atoms. The average Bonchev–Trinajstić information content (AvgIpc) is 2.68. The van der Waals surface area contributed by atoms with Crippen molar-refractivity contribution in [3.63, 3.8) is 0 Å². The SMILES string of the molecule is C=C(C[P+](c1ccccc1)(c1ccccc1)c1ccccc1)C(C)=O.[Cl-]. The van der Waals surface area contributed by atoms with Crippen LogP contribution >= 0.6 is 7.26 Å². The van der Waals surface area contributed by atoms with E-state index in [1.54, 1.807) is 6.92 Å². The number of benzene rings is 3. The molecule has 0 aliphatic carbocycles. The van der Waals surface area contributed by atoms with Gasteiger partial charge in [-0.25, -0.2) is 0 Å². The van der Waals surface area contributed by atoms with Crippen molar-refractivity contribution in [2.24, 2.45) is 0 Å². The highest BCUT2D eigenvalue weighted by atomic mass is 35.5. The Morgan fingerprint density at radius 3 is 1.31 bits per heavy atom. The first-order valence-corrected chi connectivity index (χ1v) is 10.4. The predicted octanol–water partition coefficient (Wildman–Crippen LogP) is 1.13. The quantitative estimate of drug-likeness (QED) is 0.463. The van der Waals surface area contributed by atoms with Crippen molar-refractivity contribution >= 4 is 29.0 Å². The van der Waals surface area contributed by atoms with Crippen LogP contribution in [-0.2, 0) is 4.79 Å². The molecule has 0 bridgehead atoms. The van der Waals surface area contributed by atoms with E-state index in [-0.39, 0.29) is 18.2 Å². The van der Waals surface area contributed by atoms with Crippen LogP contribution in [0.25, 0.3) is 0 Å². The molecule has 1 nitrogen and oxygen atoms in total. The first kappa shape index (κ1) is 20.1. The van der Waals surface area contributed by atoms with Crippen molar-refractivity contribution in [1.82, 2.24) is 0 Å². The number of Topliss-reactive ketones (excluding diaryl/α,β-unsaturated/α-hetero) is 1. The van der Waals surface area contributed by atoms with Crippen LogP contribution in [0.5, 0.6) is 0 Å². The summed E-state index contributed by atoms with van der Waals surface area (Å²) in [6.07, 6.45) is 0.667. The lowest BCUT2D eigenvalue weighted by Gasteiger charge is -2.28. The number of carbonyl (C=O) groups excluding carboxylic acids is 1. The first-order valence-electron chi connectivity index (χ1n) is 8.38. The van der Waals surface area contributed by atoms with Crippen molar-refractivity contribution in [2.75, 3.05) is 6.16 Å². The highest BCUT2D eigenvalue weighted by molar-refractivity contribution is 7.95. The van der Waals surface area contributed by atoms with Gasteiger partial charge < -0.3 is 12.4 Å². The second-order valence-electron chi connectivity index (χ2n) is 6.13. The largest absolute Gasteiger partial charge is 1.00 e. The molecule has 0 aliphatic rings. The second-order valence-corrected chi connectivity index (χ2v) is 9.62. The maximum Gasteiger partial charge on any atom is 0.158 e. The molecular formula is C23H22ClOP. The number of hydrogen-bond acceptors (Lipinski definition) is 1. The lowest BCUT2D eigenvalue weighted by Crippen LogP contribution is -3.00. The molecule has 3 aromatic carbocycles. The topological polar surface area (TPSA) is 17.1 Å². The molecule has 0 amide bonds. The minimum atomic E-state index is -1.98. The van der Waals surface area contributed by atoms with Crippen LogP contribution in [0.4, 0.5) is 0 Å². The summed E-state index contributed by atoms with van der Waals surface area (Å²) < 4.78 is 0. The molecule has 0 unspecified atom stereocenters. The Hall–Kier alpha value is -2.21. The zero-order valence-corrected chi connectivity index (χ0v) is 16.5. The van der Waals surface area contributed by atoms with Crippen LogP contribution in [0.3, 0.4) is 0 Å². The summed E-state index contributed by atoms with van der Waals surface area (Å²) in [5.74, 6) is 0.0622. The molecule has 0 aliphatic heterocycles. The fourth-order valence-corrected chi connectivity index (χ4v) is 7.45. The van der Waals surface area contributed by atoms with E-state index >= 15 is 0 Å². The highest BCUT2D eigenvalue weighted by Gasteiger charge is 2.45. The molecule has 3 heteroatoms. The van der Waals surface area contributed by atoms with Gasteiger partial charge in [0.15, 0.2) is 5.78 Å². The first-order chi connectivity index (χ1) is 12.1. The molecule has 0 radical (unpaired) electrons. The van der Waals surface area contributed by atoms with E-state index in [0.717, 1.165) is 0 Å². The summed E-state index contributed by atoms with van der Waals surface area (Å²) in [5.41, 5.74) is 0.685. The number of rotatable bonds is 6. The van der Waals surface area contributed by atoms with Gasteiger partial charge in [-0.1, -0.05) is 61.2 Å². The molecule has 26 heavy (non-hydrogen) atoms. The summed E-state index contributed by atoms with van der Waals surface area (Å²) in [5, 5.41) is 3.82. The zero-order chi connectivity index (χ0) is 17.7. The zero-order valence-electron chi connectivity index (χ0n) is 14.8. The Morgan fingerprint density at radius 2 is 1.04 bits per heavy atom. The lowest BCUT2D eigenvalue weighted by molar-refractivity contribution is -0.113. The summed E-state index contributed by atoms with van der Waals surface area (Å²) in [6, 6.07) is 31.7. The summed E-state index contributed by atoms with van der Waals surface area (Å²) in [6.45, 7) is 5.70. The second kappa shape index (κ2) is 8.94. The van der Waals surface area contributed by atoms with Crippen molar-refractivity contribution in [3.05, 3.63) is 103 Å². The number of halogens is 1. The van der Waals surface area contributed by atoms with Crippen molar-refractivity contribution in [1.29, 1.82) is 0 Å². The van der Waals surface area contributed by atoms with E-state index in [2.05, 4.69) is 79.4 Å². The lowest BCUT2D eigenvalue weighted by atomic mass is 10.2. The van der Waals surface area contributed by atoms with E-state index in [4.69, 9.17) is 0 Å². The van der Waals surface area contributed by atoms with Crippen LogP contribution in [-0.4, -0.2) is 11.9 Å². The highest BCUT2D eigenvalue weighted by Crippen LogP contribution is 2.56. The fraction of sp³-hybridized carbons (Fsp3) is 0.0870. The van der Waals surface area contributed by atoms with E-state index in [1.165, 1.54) is 15.9 Å². The Labute approximate surface area is 162 Å². The van der Waals surface area contributed by atoms with Gasteiger partial charge >= 0.3 is 0 Å². The minimum absolute atomic E-state index is 0. The third-order valence-corrected chi connectivity index (χ3v) is 8.91. The van der Waals surface area contributed by atoms with Crippen molar-refractivity contribution in [3.8, 4) is 0 Å². The molecule has 0 N–H and O–H groups in total. The van der Waals surface area contributed by atoms with Crippen molar-refractivity contribution in [2.45, 2.75) is 6.92 Å². The standard InChI is InChI=1S/C23H22OP.ClH/c1-19(20(2)24)18-25(21-12-6-3-7-13-21,22-14-8-4-9-15-22)23-16-10-5-11-17-23;/h3-17H,1,18H2,2H3;1H/q+1;/p-1. The molecule has 0 heterocycles. The van der Waals surface area contributed by atoms with Gasteiger partial charge in [0.1, 0.15) is 29.3 Å². The molecule has 3 rings (SSSR count). The predicted molar refractivity (Wildman–Crippen MR) is 110 cm³/mol. The number of ketones is 1. The maximum atomic E-state index is 12.0. The van der Waals surface area contributed by atoms with Gasteiger partial charge in [-0.3, -0.25) is 4.79 Å². The number of carbonyl (C=O) groups is 1. The smallest absolute Gasteiger partial charge is 0.158 e. The van der Waals surface area contributed by atoms with Gasteiger partial charge in [0.2, 0.25) is 0 Å². The molecular weight excluding hydrogens is 359 g/mol. The normalized spacial score (nSPS) is 10.7. The van der Waals surface area contributed by atoms with Crippen molar-refractivity contribution < 1.29 is 17.2 Å². The summed E-state index contributed by atoms with van der Waals surface area (Å²) in [7, 11) is -1.98. The molecule has 132 valence electrons. The minimum Gasteiger partial charge on any atom is -1.00 e. The van der Waals surface area contributed by atoms with Gasteiger partial charge in [-0.2, -0.15) is 0 Å². The number of allylic oxidation sites excluding steroid dienone is 1. The molecule has 0 fully saturated rings. The molecule has 0 atom stereocenters. The third-order valence-electron chi connectivity index (χ3n) is 4.52.